The molecule has 0 aliphatic heterocycles. The van der Waals surface area contributed by atoms with E-state index in [1.807, 2.05) is 0 Å². The minimum absolute atomic E-state index is 0.189. The van der Waals surface area contributed by atoms with Crippen LogP contribution in [0, 0.1) is 0 Å². The number of carbonyl (C=O) groups is 1. The number of phosphoric acid groups is 1. The Kier molecular flexibility index (Phi) is 37.0. The summed E-state index contributed by atoms with van der Waals surface area (Å²) in [4.78, 5) is 30.9. The van der Waals surface area contributed by atoms with E-state index in [0.717, 1.165) is 38.5 Å². The zero-order valence-corrected chi connectivity index (χ0v) is 33.5. The number of carbonyl (C=O) groups excluding carboxylic acids is 1. The largest absolute Gasteiger partial charge is 0.469 e. The molecule has 0 bridgehead atoms. The maximum Gasteiger partial charge on any atom is 0.469 e. The van der Waals surface area contributed by atoms with Crippen molar-refractivity contribution in [3.05, 3.63) is 0 Å². The Morgan fingerprint density at radius 1 is 0.510 bits per heavy atom. The first-order valence-corrected chi connectivity index (χ1v) is 23.0. The van der Waals surface area contributed by atoms with Crippen LogP contribution in [-0.2, 0) is 13.9 Å². The monoisotopic (exact) mass is 718 g/mol. The van der Waals surface area contributed by atoms with Gasteiger partial charge in [0.2, 0.25) is 5.91 Å². The summed E-state index contributed by atoms with van der Waals surface area (Å²) in [7, 11) is -4.68. The summed E-state index contributed by atoms with van der Waals surface area (Å²) < 4.78 is 15.9. The van der Waals surface area contributed by atoms with E-state index in [-0.39, 0.29) is 5.91 Å². The highest BCUT2D eigenvalue weighted by atomic mass is 31.2. The molecule has 1 amide bonds. The Morgan fingerprint density at radius 3 is 1.10 bits per heavy atom. The molecule has 0 aromatic rings. The second-order valence-electron chi connectivity index (χ2n) is 15.0. The third-order valence-electron chi connectivity index (χ3n) is 10.1. The SMILES string of the molecule is CCCCCCCCCCCCCCCCCCCCCCCCC(=O)N[C@@H](COP(=O)(O)O)[C@H](O)CCCCCCCCCCCCC. The van der Waals surface area contributed by atoms with Crippen LogP contribution >= 0.6 is 7.82 Å². The molecule has 0 fully saturated rings. The van der Waals surface area contributed by atoms with E-state index in [1.165, 1.54) is 173 Å². The molecule has 49 heavy (non-hydrogen) atoms. The average Bonchev–Trinajstić information content (AvgIpc) is 3.07. The van der Waals surface area contributed by atoms with Gasteiger partial charge in [-0.25, -0.2) is 4.57 Å². The van der Waals surface area contributed by atoms with Gasteiger partial charge in [-0.2, -0.15) is 0 Å². The van der Waals surface area contributed by atoms with Crippen LogP contribution in [0.25, 0.3) is 0 Å². The summed E-state index contributed by atoms with van der Waals surface area (Å²) in [5.41, 5.74) is 0. The quantitative estimate of drug-likeness (QED) is 0.0370. The van der Waals surface area contributed by atoms with Gasteiger partial charge >= 0.3 is 7.82 Å². The molecular weight excluding hydrogens is 633 g/mol. The van der Waals surface area contributed by atoms with Crippen molar-refractivity contribution in [1.29, 1.82) is 0 Å². The summed E-state index contributed by atoms with van der Waals surface area (Å²) in [6.45, 7) is 4.13. The molecule has 0 unspecified atom stereocenters. The number of unbranched alkanes of at least 4 members (excludes halogenated alkanes) is 31. The van der Waals surface area contributed by atoms with Crippen molar-refractivity contribution in [1.82, 2.24) is 5.32 Å². The van der Waals surface area contributed by atoms with Gasteiger partial charge in [0.05, 0.1) is 18.8 Å². The maximum absolute atomic E-state index is 12.6. The first-order chi connectivity index (χ1) is 23.8. The van der Waals surface area contributed by atoms with Crippen LogP contribution in [0.3, 0.4) is 0 Å². The van der Waals surface area contributed by atoms with Gasteiger partial charge < -0.3 is 20.2 Å². The molecule has 0 aliphatic carbocycles. The Morgan fingerprint density at radius 2 is 0.796 bits per heavy atom. The van der Waals surface area contributed by atoms with Gasteiger partial charge in [0.1, 0.15) is 0 Å². The Balaban J connectivity index is 3.78. The average molecular weight is 718 g/mol. The number of phosphoric ester groups is 1. The van der Waals surface area contributed by atoms with E-state index >= 15 is 0 Å². The number of amides is 1. The van der Waals surface area contributed by atoms with Crippen molar-refractivity contribution < 1.29 is 28.8 Å². The predicted molar refractivity (Wildman–Crippen MR) is 209 cm³/mol. The molecule has 0 aromatic heterocycles. The lowest BCUT2D eigenvalue weighted by molar-refractivity contribution is -0.123. The molecule has 7 nitrogen and oxygen atoms in total. The van der Waals surface area contributed by atoms with Crippen molar-refractivity contribution in [3.63, 3.8) is 0 Å². The molecule has 8 heteroatoms. The molecule has 0 spiro atoms. The second-order valence-corrected chi connectivity index (χ2v) is 16.3. The van der Waals surface area contributed by atoms with E-state index in [4.69, 9.17) is 9.79 Å². The molecule has 0 saturated carbocycles. The molecular formula is C41H84NO6P. The first kappa shape index (κ1) is 48.5. The van der Waals surface area contributed by atoms with Gasteiger partial charge in [-0.3, -0.25) is 9.32 Å². The molecule has 0 saturated heterocycles. The van der Waals surface area contributed by atoms with Gasteiger partial charge in [-0.15, -0.1) is 0 Å². The number of rotatable bonds is 40. The van der Waals surface area contributed by atoms with Crippen LogP contribution in [0.1, 0.15) is 239 Å². The van der Waals surface area contributed by atoms with Gasteiger partial charge in [-0.05, 0) is 12.8 Å². The first-order valence-electron chi connectivity index (χ1n) is 21.5. The minimum Gasteiger partial charge on any atom is -0.391 e. The third kappa shape index (κ3) is 38.6. The normalized spacial score (nSPS) is 13.2. The fraction of sp³-hybridized carbons (Fsp3) is 0.976. The van der Waals surface area contributed by atoms with Crippen molar-refractivity contribution >= 4 is 13.7 Å². The minimum atomic E-state index is -4.68. The van der Waals surface area contributed by atoms with Crippen LogP contribution in [0.15, 0.2) is 0 Å². The third-order valence-corrected chi connectivity index (χ3v) is 10.6. The fourth-order valence-electron chi connectivity index (χ4n) is 6.82. The molecule has 0 radical (unpaired) electrons. The van der Waals surface area contributed by atoms with Crippen LogP contribution in [0.2, 0.25) is 0 Å². The van der Waals surface area contributed by atoms with Gasteiger partial charge in [0, 0.05) is 6.42 Å². The lowest BCUT2D eigenvalue weighted by atomic mass is 10.0. The standard InChI is InChI=1S/C41H84NO6P/c1-3-5-7-9-11-13-15-16-17-18-19-20-21-22-23-24-25-27-29-31-33-35-37-41(44)42-39(38-48-49(45,46)47)40(43)36-34-32-30-28-26-14-12-10-8-6-4-2/h39-40,43H,3-38H2,1-2H3,(H,42,44)(H2,45,46,47)/t39-,40+/m0/s1. The highest BCUT2D eigenvalue weighted by Gasteiger charge is 2.25. The van der Waals surface area contributed by atoms with Crippen LogP contribution < -0.4 is 5.32 Å². The topological polar surface area (TPSA) is 116 Å². The van der Waals surface area contributed by atoms with E-state index < -0.39 is 26.6 Å². The van der Waals surface area contributed by atoms with E-state index in [9.17, 15) is 14.5 Å². The zero-order valence-electron chi connectivity index (χ0n) is 32.6. The van der Waals surface area contributed by atoms with Crippen LogP contribution in [0.5, 0.6) is 0 Å². The summed E-state index contributed by atoms with van der Waals surface area (Å²) >= 11 is 0. The maximum atomic E-state index is 12.6. The highest BCUT2D eigenvalue weighted by Crippen LogP contribution is 2.36. The summed E-state index contributed by atoms with van der Waals surface area (Å²) in [6, 6.07) is -0.817. The molecule has 4 N–H and O–H groups in total. The molecule has 2 atom stereocenters. The Hall–Kier alpha value is -0.460. The highest BCUT2D eigenvalue weighted by molar-refractivity contribution is 7.46. The fourth-order valence-corrected chi connectivity index (χ4v) is 7.17. The Bertz CT molecular complexity index is 733. The smallest absolute Gasteiger partial charge is 0.391 e. The molecule has 0 heterocycles. The molecule has 0 rings (SSSR count). The Labute approximate surface area is 304 Å². The number of aliphatic hydroxyl groups excluding tert-OH is 1. The lowest BCUT2D eigenvalue weighted by Gasteiger charge is -2.24. The van der Waals surface area contributed by atoms with Gasteiger partial charge in [0.15, 0.2) is 0 Å². The molecule has 294 valence electrons. The van der Waals surface area contributed by atoms with Crippen LogP contribution in [-0.4, -0.2) is 39.6 Å². The summed E-state index contributed by atoms with van der Waals surface area (Å²) in [5, 5.41) is 13.5. The number of aliphatic hydroxyl groups is 1. The van der Waals surface area contributed by atoms with E-state index in [1.54, 1.807) is 0 Å². The van der Waals surface area contributed by atoms with Crippen molar-refractivity contribution in [3.8, 4) is 0 Å². The number of hydrogen-bond donors (Lipinski definition) is 4. The van der Waals surface area contributed by atoms with Crippen molar-refractivity contribution in [2.45, 2.75) is 251 Å². The van der Waals surface area contributed by atoms with E-state index in [0.29, 0.717) is 12.8 Å². The van der Waals surface area contributed by atoms with Gasteiger partial charge in [0.25, 0.3) is 0 Å². The number of hydrogen-bond acceptors (Lipinski definition) is 4. The molecule has 0 aliphatic rings. The van der Waals surface area contributed by atoms with Crippen molar-refractivity contribution in [2.75, 3.05) is 6.61 Å². The summed E-state index contributed by atoms with van der Waals surface area (Å²) in [5.74, 6) is -0.189. The predicted octanol–water partition coefficient (Wildman–Crippen LogP) is 12.6. The van der Waals surface area contributed by atoms with Gasteiger partial charge in [-0.1, -0.05) is 219 Å². The van der Waals surface area contributed by atoms with Crippen LogP contribution in [0.4, 0.5) is 0 Å². The van der Waals surface area contributed by atoms with Crippen molar-refractivity contribution in [2.24, 2.45) is 0 Å². The van der Waals surface area contributed by atoms with E-state index in [2.05, 4.69) is 23.7 Å². The lowest BCUT2D eigenvalue weighted by Crippen LogP contribution is -2.46. The number of nitrogens with one attached hydrogen (secondary N) is 1. The second kappa shape index (κ2) is 37.3. The molecule has 0 aromatic carbocycles. The summed E-state index contributed by atoms with van der Waals surface area (Å²) in [6.07, 6.45) is 42.4. The zero-order chi connectivity index (χ0) is 36.1.